The first-order valence-electron chi connectivity index (χ1n) is 8.46. The number of amides is 1. The molecule has 0 aliphatic carbocycles. The van der Waals surface area contributed by atoms with E-state index in [1.807, 2.05) is 38.1 Å². The van der Waals surface area contributed by atoms with Gasteiger partial charge in [-0.3, -0.25) is 9.69 Å². The van der Waals surface area contributed by atoms with Crippen LogP contribution in [0.4, 0.5) is 0 Å². The van der Waals surface area contributed by atoms with Gasteiger partial charge >= 0.3 is 0 Å². The monoisotopic (exact) mass is 316 g/mol. The highest BCUT2D eigenvalue weighted by atomic mass is 16.5. The second-order valence-corrected chi connectivity index (χ2v) is 6.13. The second kappa shape index (κ2) is 8.73. The molecule has 126 valence electrons. The van der Waals surface area contributed by atoms with Gasteiger partial charge in [0, 0.05) is 36.8 Å². The largest absolute Gasteiger partial charge is 0.496 e. The maximum Gasteiger partial charge on any atom is 0.246 e. The van der Waals surface area contributed by atoms with Crippen molar-refractivity contribution in [3.05, 3.63) is 41.5 Å². The van der Waals surface area contributed by atoms with Crippen molar-refractivity contribution in [2.75, 3.05) is 20.2 Å². The van der Waals surface area contributed by atoms with E-state index in [-0.39, 0.29) is 11.9 Å². The number of rotatable bonds is 6. The predicted octanol–water partition coefficient (Wildman–Crippen LogP) is 3.13. The minimum Gasteiger partial charge on any atom is -0.496 e. The number of hydrogen-bond donors (Lipinski definition) is 1. The number of methoxy groups -OCH3 is 1. The lowest BCUT2D eigenvalue weighted by Crippen LogP contribution is -2.44. The molecule has 1 aliphatic rings. The van der Waals surface area contributed by atoms with Gasteiger partial charge in [-0.25, -0.2) is 0 Å². The third-order valence-corrected chi connectivity index (χ3v) is 4.38. The van der Waals surface area contributed by atoms with Crippen LogP contribution in [0, 0.1) is 0 Å². The lowest BCUT2D eigenvalue weighted by Gasteiger charge is -2.32. The number of allylic oxidation sites excluding steroid dienone is 1. The van der Waals surface area contributed by atoms with Crippen LogP contribution in [0.2, 0.25) is 0 Å². The van der Waals surface area contributed by atoms with Gasteiger partial charge in [-0.2, -0.15) is 0 Å². The smallest absolute Gasteiger partial charge is 0.246 e. The Hall–Kier alpha value is -1.81. The summed E-state index contributed by atoms with van der Waals surface area (Å²) in [5, 5.41) is 3.15. The van der Waals surface area contributed by atoms with Crippen LogP contribution >= 0.6 is 0 Å². The molecule has 0 saturated carbocycles. The fraction of sp³-hybridized carbons (Fsp3) is 0.526. The molecule has 1 amide bonds. The second-order valence-electron chi connectivity index (χ2n) is 6.13. The lowest BCUT2D eigenvalue weighted by atomic mass is 10.0. The minimum absolute atomic E-state index is 0.0787. The standard InChI is InChI=1S/C19H28N2O2/c1-4-7-15(2)19(22)20-17-10-12-21(13-11-17)14-16-8-5-6-9-18(16)23-3/h5-9,17H,4,10-14H2,1-3H3,(H,20,22)/b15-7+. The average molecular weight is 316 g/mol. The Labute approximate surface area is 139 Å². The van der Waals surface area contributed by atoms with E-state index >= 15 is 0 Å². The maximum absolute atomic E-state index is 12.0. The normalized spacial score (nSPS) is 17.1. The molecule has 4 nitrogen and oxygen atoms in total. The average Bonchev–Trinajstić information content (AvgIpc) is 2.57. The summed E-state index contributed by atoms with van der Waals surface area (Å²) in [5.41, 5.74) is 2.04. The summed E-state index contributed by atoms with van der Waals surface area (Å²) in [7, 11) is 1.72. The molecule has 1 aliphatic heterocycles. The van der Waals surface area contributed by atoms with Crippen molar-refractivity contribution in [1.29, 1.82) is 0 Å². The molecule has 0 atom stereocenters. The molecule has 23 heavy (non-hydrogen) atoms. The molecule has 0 spiro atoms. The Morgan fingerprint density at radius 2 is 2.04 bits per heavy atom. The SMILES string of the molecule is CC/C=C(\C)C(=O)NC1CCN(Cc2ccccc2OC)CC1. The first-order valence-corrected chi connectivity index (χ1v) is 8.46. The number of ether oxygens (including phenoxy) is 1. The molecule has 1 aromatic carbocycles. The fourth-order valence-electron chi connectivity index (χ4n) is 3.01. The summed E-state index contributed by atoms with van der Waals surface area (Å²) in [4.78, 5) is 14.5. The van der Waals surface area contributed by atoms with Crippen LogP contribution in [0.3, 0.4) is 0 Å². The van der Waals surface area contributed by atoms with E-state index in [4.69, 9.17) is 4.74 Å². The number of para-hydroxylation sites is 1. The summed E-state index contributed by atoms with van der Waals surface area (Å²) < 4.78 is 5.42. The van der Waals surface area contributed by atoms with Gasteiger partial charge in [0.2, 0.25) is 5.91 Å². The minimum atomic E-state index is 0.0787. The third-order valence-electron chi connectivity index (χ3n) is 4.38. The van der Waals surface area contributed by atoms with Gasteiger partial charge in [0.15, 0.2) is 0 Å². The van der Waals surface area contributed by atoms with E-state index in [1.165, 1.54) is 5.56 Å². The van der Waals surface area contributed by atoms with Crippen LogP contribution in [0.15, 0.2) is 35.9 Å². The number of nitrogens with zero attached hydrogens (tertiary/aromatic N) is 1. The van der Waals surface area contributed by atoms with Gasteiger partial charge in [-0.1, -0.05) is 31.2 Å². The van der Waals surface area contributed by atoms with E-state index in [9.17, 15) is 4.79 Å². The van der Waals surface area contributed by atoms with Crippen LogP contribution in [-0.2, 0) is 11.3 Å². The zero-order chi connectivity index (χ0) is 16.7. The number of carbonyl (C=O) groups excluding carboxylic acids is 1. The number of nitrogens with one attached hydrogen (secondary N) is 1. The summed E-state index contributed by atoms with van der Waals surface area (Å²) in [6.45, 7) is 6.83. The molecule has 0 radical (unpaired) electrons. The summed E-state index contributed by atoms with van der Waals surface area (Å²) >= 11 is 0. The first-order chi connectivity index (χ1) is 11.1. The van der Waals surface area contributed by atoms with Crippen molar-refractivity contribution < 1.29 is 9.53 Å². The highest BCUT2D eigenvalue weighted by Crippen LogP contribution is 2.21. The number of benzene rings is 1. The van der Waals surface area contributed by atoms with Gasteiger partial charge in [0.25, 0.3) is 0 Å². The van der Waals surface area contributed by atoms with E-state index < -0.39 is 0 Å². The summed E-state index contributed by atoms with van der Waals surface area (Å²) in [6, 6.07) is 8.46. The quantitative estimate of drug-likeness (QED) is 0.820. The van der Waals surface area contributed by atoms with Crippen molar-refractivity contribution in [2.45, 2.75) is 45.7 Å². The van der Waals surface area contributed by atoms with Gasteiger partial charge in [-0.15, -0.1) is 0 Å². The lowest BCUT2D eigenvalue weighted by molar-refractivity contribution is -0.118. The Morgan fingerprint density at radius 3 is 2.70 bits per heavy atom. The van der Waals surface area contributed by atoms with E-state index in [0.717, 1.165) is 50.2 Å². The Morgan fingerprint density at radius 1 is 1.35 bits per heavy atom. The summed E-state index contributed by atoms with van der Waals surface area (Å²) in [6.07, 6.45) is 4.88. The van der Waals surface area contributed by atoms with Gasteiger partial charge in [0.1, 0.15) is 5.75 Å². The molecule has 0 unspecified atom stereocenters. The summed E-state index contributed by atoms with van der Waals surface area (Å²) in [5.74, 6) is 1.03. The number of carbonyl (C=O) groups is 1. The van der Waals surface area contributed by atoms with Gasteiger partial charge in [-0.05, 0) is 32.3 Å². The molecule has 2 rings (SSSR count). The molecular weight excluding hydrogens is 288 g/mol. The molecule has 1 aromatic rings. The highest BCUT2D eigenvalue weighted by Gasteiger charge is 2.21. The number of likely N-dealkylation sites (tertiary alicyclic amines) is 1. The Bertz CT molecular complexity index is 546. The topological polar surface area (TPSA) is 41.6 Å². The van der Waals surface area contributed by atoms with Crippen molar-refractivity contribution >= 4 is 5.91 Å². The number of hydrogen-bond acceptors (Lipinski definition) is 3. The predicted molar refractivity (Wildman–Crippen MR) is 93.5 cm³/mol. The van der Waals surface area contributed by atoms with E-state index in [0.29, 0.717) is 0 Å². The third kappa shape index (κ3) is 5.10. The van der Waals surface area contributed by atoms with Crippen molar-refractivity contribution in [1.82, 2.24) is 10.2 Å². The molecule has 4 heteroatoms. The molecule has 1 fully saturated rings. The van der Waals surface area contributed by atoms with Crippen molar-refractivity contribution in [3.63, 3.8) is 0 Å². The zero-order valence-electron chi connectivity index (χ0n) is 14.5. The van der Waals surface area contributed by atoms with Gasteiger partial charge < -0.3 is 10.1 Å². The fourth-order valence-corrected chi connectivity index (χ4v) is 3.01. The van der Waals surface area contributed by atoms with Crippen LogP contribution in [0.25, 0.3) is 0 Å². The molecule has 0 aromatic heterocycles. The Balaban J connectivity index is 1.82. The molecular formula is C19H28N2O2. The Kier molecular flexibility index (Phi) is 6.66. The zero-order valence-corrected chi connectivity index (χ0v) is 14.5. The first kappa shape index (κ1) is 17.5. The van der Waals surface area contributed by atoms with Crippen LogP contribution in [0.1, 0.15) is 38.7 Å². The molecule has 0 bridgehead atoms. The maximum atomic E-state index is 12.0. The van der Waals surface area contributed by atoms with Crippen LogP contribution in [-0.4, -0.2) is 37.0 Å². The van der Waals surface area contributed by atoms with E-state index in [1.54, 1.807) is 7.11 Å². The van der Waals surface area contributed by atoms with Crippen LogP contribution in [0.5, 0.6) is 5.75 Å². The number of piperidine rings is 1. The van der Waals surface area contributed by atoms with Crippen molar-refractivity contribution in [3.8, 4) is 5.75 Å². The molecule has 1 saturated heterocycles. The highest BCUT2D eigenvalue weighted by molar-refractivity contribution is 5.92. The van der Waals surface area contributed by atoms with E-state index in [2.05, 4.69) is 16.3 Å². The van der Waals surface area contributed by atoms with Gasteiger partial charge in [0.05, 0.1) is 7.11 Å². The van der Waals surface area contributed by atoms with Crippen LogP contribution < -0.4 is 10.1 Å². The van der Waals surface area contributed by atoms with Crippen molar-refractivity contribution in [2.24, 2.45) is 0 Å². The molecule has 1 heterocycles. The molecule has 1 N–H and O–H groups in total.